The van der Waals surface area contributed by atoms with Crippen LogP contribution in [-0.2, 0) is 13.0 Å². The molecule has 0 bridgehead atoms. The third kappa shape index (κ3) is 4.15. The van der Waals surface area contributed by atoms with Crippen LogP contribution >= 0.6 is 0 Å². The maximum Gasteiger partial charge on any atom is 0.101 e. The fraction of sp³-hybridized carbons (Fsp3) is 0.533. The third-order valence-electron chi connectivity index (χ3n) is 2.96. The molecule has 2 N–H and O–H groups in total. The van der Waals surface area contributed by atoms with E-state index < -0.39 is 0 Å². The van der Waals surface area contributed by atoms with E-state index in [2.05, 4.69) is 60.7 Å². The first-order valence-electron chi connectivity index (χ1n) is 6.63. The molecule has 1 aromatic carbocycles. The number of rotatable bonds is 4. The van der Waals surface area contributed by atoms with Crippen LogP contribution in [0.15, 0.2) is 29.3 Å². The summed E-state index contributed by atoms with van der Waals surface area (Å²) in [7, 11) is 0. The smallest absolute Gasteiger partial charge is 0.101 e. The summed E-state index contributed by atoms with van der Waals surface area (Å²) in [5, 5.41) is 6.80. The van der Waals surface area contributed by atoms with Crippen molar-refractivity contribution in [3.63, 3.8) is 0 Å². The van der Waals surface area contributed by atoms with E-state index in [0.29, 0.717) is 0 Å². The van der Waals surface area contributed by atoms with E-state index >= 15 is 0 Å². The van der Waals surface area contributed by atoms with Crippen LogP contribution < -0.4 is 10.6 Å². The molecule has 0 spiro atoms. The fourth-order valence-corrected chi connectivity index (χ4v) is 1.90. The van der Waals surface area contributed by atoms with E-state index in [1.54, 1.807) is 0 Å². The molecule has 0 aliphatic carbocycles. The van der Waals surface area contributed by atoms with E-state index in [1.165, 1.54) is 11.1 Å². The van der Waals surface area contributed by atoms with Gasteiger partial charge in [0, 0.05) is 25.0 Å². The zero-order valence-electron chi connectivity index (χ0n) is 11.6. The summed E-state index contributed by atoms with van der Waals surface area (Å²) < 4.78 is 0. The quantitative estimate of drug-likeness (QED) is 0.852. The van der Waals surface area contributed by atoms with Crippen LogP contribution in [0.25, 0.3) is 0 Å². The van der Waals surface area contributed by atoms with Crippen molar-refractivity contribution in [2.75, 3.05) is 13.1 Å². The number of amidine groups is 1. The summed E-state index contributed by atoms with van der Waals surface area (Å²) in [5.74, 6) is 1.12. The number of aliphatic imine (C=N–C) groups is 1. The Morgan fingerprint density at radius 1 is 1.17 bits per heavy atom. The fourth-order valence-electron chi connectivity index (χ4n) is 1.90. The van der Waals surface area contributed by atoms with Gasteiger partial charge in [-0.1, -0.05) is 24.3 Å². The van der Waals surface area contributed by atoms with E-state index in [-0.39, 0.29) is 5.54 Å². The molecule has 0 saturated heterocycles. The highest BCUT2D eigenvalue weighted by Crippen LogP contribution is 2.08. The first kappa shape index (κ1) is 13.1. The number of hydrogen-bond acceptors (Lipinski definition) is 3. The van der Waals surface area contributed by atoms with Gasteiger partial charge in [0.25, 0.3) is 0 Å². The predicted molar refractivity (Wildman–Crippen MR) is 77.0 cm³/mol. The van der Waals surface area contributed by atoms with Gasteiger partial charge in [-0.15, -0.1) is 0 Å². The molecular weight excluding hydrogens is 222 g/mol. The van der Waals surface area contributed by atoms with Gasteiger partial charge in [-0.2, -0.15) is 0 Å². The van der Waals surface area contributed by atoms with Crippen molar-refractivity contribution in [3.8, 4) is 0 Å². The average molecular weight is 245 g/mol. The topological polar surface area (TPSA) is 36.4 Å². The normalized spacial score (nSPS) is 15.4. The number of nitrogens with one attached hydrogen (secondary N) is 2. The molecule has 3 heteroatoms. The molecule has 0 unspecified atom stereocenters. The maximum atomic E-state index is 4.42. The van der Waals surface area contributed by atoms with Gasteiger partial charge in [0.15, 0.2) is 0 Å². The van der Waals surface area contributed by atoms with Crippen LogP contribution in [0.2, 0.25) is 0 Å². The second kappa shape index (κ2) is 5.53. The van der Waals surface area contributed by atoms with E-state index in [9.17, 15) is 0 Å². The first-order chi connectivity index (χ1) is 8.53. The van der Waals surface area contributed by atoms with E-state index in [4.69, 9.17) is 0 Å². The first-order valence-corrected chi connectivity index (χ1v) is 6.63. The highest BCUT2D eigenvalue weighted by molar-refractivity contribution is 5.85. The van der Waals surface area contributed by atoms with Crippen molar-refractivity contribution < 1.29 is 0 Å². The SMILES string of the molecule is CC(C)(C)NCc1ccc(CC2=NCCN2)cc1. The molecule has 1 heterocycles. The van der Waals surface area contributed by atoms with Crippen molar-refractivity contribution in [3.05, 3.63) is 35.4 Å². The lowest BCUT2D eigenvalue weighted by molar-refractivity contribution is 0.424. The summed E-state index contributed by atoms with van der Waals surface area (Å²) >= 11 is 0. The molecule has 3 nitrogen and oxygen atoms in total. The van der Waals surface area contributed by atoms with Gasteiger partial charge in [-0.3, -0.25) is 4.99 Å². The highest BCUT2D eigenvalue weighted by Gasteiger charge is 2.09. The lowest BCUT2D eigenvalue weighted by Gasteiger charge is -2.20. The minimum Gasteiger partial charge on any atom is -0.372 e. The van der Waals surface area contributed by atoms with Gasteiger partial charge in [0.2, 0.25) is 0 Å². The average Bonchev–Trinajstić information content (AvgIpc) is 2.80. The van der Waals surface area contributed by atoms with Gasteiger partial charge in [0.05, 0.1) is 6.54 Å². The van der Waals surface area contributed by atoms with Crippen molar-refractivity contribution in [1.29, 1.82) is 0 Å². The lowest BCUT2D eigenvalue weighted by Crippen LogP contribution is -2.35. The lowest BCUT2D eigenvalue weighted by atomic mass is 10.1. The molecule has 1 aromatic rings. The summed E-state index contributed by atoms with van der Waals surface area (Å²) in [6.07, 6.45) is 0.924. The molecule has 0 fully saturated rings. The van der Waals surface area contributed by atoms with Gasteiger partial charge in [0.1, 0.15) is 5.84 Å². The number of nitrogens with zero attached hydrogens (tertiary/aromatic N) is 1. The Morgan fingerprint density at radius 2 is 1.83 bits per heavy atom. The molecule has 0 atom stereocenters. The van der Waals surface area contributed by atoms with E-state index in [1.807, 2.05) is 0 Å². The Hall–Kier alpha value is -1.35. The molecule has 1 aliphatic heterocycles. The zero-order valence-corrected chi connectivity index (χ0v) is 11.6. The highest BCUT2D eigenvalue weighted by atomic mass is 15.1. The predicted octanol–water partition coefficient (Wildman–Crippen LogP) is 2.12. The summed E-state index contributed by atoms with van der Waals surface area (Å²) in [6.45, 7) is 9.39. The Balaban J connectivity index is 1.89. The Bertz CT molecular complexity index is 412. The van der Waals surface area contributed by atoms with Gasteiger partial charge >= 0.3 is 0 Å². The minimum atomic E-state index is 0.168. The van der Waals surface area contributed by atoms with Gasteiger partial charge in [-0.05, 0) is 31.9 Å². The Morgan fingerprint density at radius 3 is 2.39 bits per heavy atom. The van der Waals surface area contributed by atoms with Crippen LogP contribution in [0.1, 0.15) is 31.9 Å². The van der Waals surface area contributed by atoms with Crippen molar-refractivity contribution in [2.24, 2.45) is 4.99 Å². The van der Waals surface area contributed by atoms with Crippen molar-refractivity contribution in [1.82, 2.24) is 10.6 Å². The summed E-state index contributed by atoms with van der Waals surface area (Å²) in [4.78, 5) is 4.42. The third-order valence-corrected chi connectivity index (χ3v) is 2.96. The molecule has 0 aromatic heterocycles. The molecule has 98 valence electrons. The van der Waals surface area contributed by atoms with Crippen LogP contribution in [-0.4, -0.2) is 24.5 Å². The van der Waals surface area contributed by atoms with Crippen LogP contribution in [0.3, 0.4) is 0 Å². The number of hydrogen-bond donors (Lipinski definition) is 2. The van der Waals surface area contributed by atoms with Gasteiger partial charge < -0.3 is 10.6 Å². The van der Waals surface area contributed by atoms with Crippen molar-refractivity contribution in [2.45, 2.75) is 39.3 Å². The maximum absolute atomic E-state index is 4.42. The van der Waals surface area contributed by atoms with E-state index in [0.717, 1.165) is 31.9 Å². The molecule has 0 amide bonds. The largest absolute Gasteiger partial charge is 0.372 e. The molecule has 2 rings (SSSR count). The second-order valence-corrected chi connectivity index (χ2v) is 5.85. The Labute approximate surface area is 110 Å². The van der Waals surface area contributed by atoms with Crippen LogP contribution in [0.4, 0.5) is 0 Å². The van der Waals surface area contributed by atoms with Crippen LogP contribution in [0, 0.1) is 0 Å². The minimum absolute atomic E-state index is 0.168. The zero-order chi connectivity index (χ0) is 13.0. The second-order valence-electron chi connectivity index (χ2n) is 5.85. The van der Waals surface area contributed by atoms with Crippen LogP contribution in [0.5, 0.6) is 0 Å². The Kier molecular flexibility index (Phi) is 4.02. The van der Waals surface area contributed by atoms with Gasteiger partial charge in [-0.25, -0.2) is 0 Å². The van der Waals surface area contributed by atoms with Crippen molar-refractivity contribution >= 4 is 5.84 Å². The summed E-state index contributed by atoms with van der Waals surface area (Å²) in [6, 6.07) is 8.79. The number of benzene rings is 1. The monoisotopic (exact) mass is 245 g/mol. The molecule has 0 radical (unpaired) electrons. The molecule has 0 saturated carbocycles. The standard InChI is InChI=1S/C15H23N3/c1-15(2,3)18-11-13-6-4-12(5-7-13)10-14-16-8-9-17-14/h4-7,18H,8-11H2,1-3H3,(H,16,17). The summed E-state index contributed by atoms with van der Waals surface area (Å²) in [5.41, 5.74) is 2.82. The molecule has 18 heavy (non-hydrogen) atoms. The molecule has 1 aliphatic rings. The molecular formula is C15H23N3.